The third-order valence-electron chi connectivity index (χ3n) is 6.06. The Morgan fingerprint density at radius 3 is 2.37 bits per heavy atom. The number of halogens is 1. The first-order chi connectivity index (χ1) is 14.6. The Morgan fingerprint density at radius 2 is 1.60 bits per heavy atom. The molecule has 1 saturated carbocycles. The molecule has 2 aromatic rings. The van der Waals surface area contributed by atoms with Gasteiger partial charge in [-0.2, -0.15) is 0 Å². The predicted octanol–water partition coefficient (Wildman–Crippen LogP) is 3.57. The lowest BCUT2D eigenvalue weighted by molar-refractivity contribution is -0.126. The molecule has 2 aromatic carbocycles. The van der Waals surface area contributed by atoms with E-state index in [2.05, 4.69) is 10.9 Å². The van der Waals surface area contributed by atoms with Gasteiger partial charge in [0.25, 0.3) is 17.7 Å². The summed E-state index contributed by atoms with van der Waals surface area (Å²) in [6, 6.07) is 15.1. The average molecular weight is 426 g/mol. The van der Waals surface area contributed by atoms with Gasteiger partial charge >= 0.3 is 0 Å². The fourth-order valence-electron chi connectivity index (χ4n) is 4.63. The lowest BCUT2D eigenvalue weighted by Crippen LogP contribution is -2.53. The Hall–Kier alpha value is -2.86. The molecular weight excluding hydrogens is 402 g/mol. The zero-order valence-corrected chi connectivity index (χ0v) is 17.3. The molecule has 0 radical (unpaired) electrons. The maximum absolute atomic E-state index is 13.3. The molecule has 1 aliphatic carbocycles. The summed E-state index contributed by atoms with van der Waals surface area (Å²) < 4.78 is 0. The summed E-state index contributed by atoms with van der Waals surface area (Å²) in [4.78, 5) is 40.4. The van der Waals surface area contributed by atoms with Gasteiger partial charge in [-0.25, -0.2) is 0 Å². The molecule has 1 saturated heterocycles. The summed E-state index contributed by atoms with van der Waals surface area (Å²) in [6.45, 7) is 0. The van der Waals surface area contributed by atoms with Crippen molar-refractivity contribution in [2.45, 2.75) is 44.2 Å². The maximum atomic E-state index is 13.3. The number of benzene rings is 2. The molecule has 2 aliphatic rings. The lowest BCUT2D eigenvalue weighted by atomic mass is 9.84. The highest BCUT2D eigenvalue weighted by atomic mass is 35.5. The van der Waals surface area contributed by atoms with E-state index in [0.29, 0.717) is 22.9 Å². The zero-order valence-electron chi connectivity index (χ0n) is 16.5. The Kier molecular flexibility index (Phi) is 6.04. The van der Waals surface area contributed by atoms with Crippen molar-refractivity contribution < 1.29 is 14.4 Å². The van der Waals surface area contributed by atoms with E-state index in [1.807, 2.05) is 18.2 Å². The van der Waals surface area contributed by atoms with Crippen molar-refractivity contribution >= 4 is 29.3 Å². The first-order valence-electron chi connectivity index (χ1n) is 10.3. The smallest absolute Gasteiger partial charge is 0.271 e. The van der Waals surface area contributed by atoms with Crippen molar-refractivity contribution in [1.29, 1.82) is 0 Å². The van der Waals surface area contributed by atoms with Crippen molar-refractivity contribution in [3.8, 4) is 0 Å². The van der Waals surface area contributed by atoms with Crippen LogP contribution in [0.25, 0.3) is 0 Å². The molecule has 30 heavy (non-hydrogen) atoms. The Bertz CT molecular complexity index is 950. The van der Waals surface area contributed by atoms with E-state index >= 15 is 0 Å². The van der Waals surface area contributed by atoms with Crippen LogP contribution in [0.4, 0.5) is 0 Å². The number of carbonyl (C=O) groups is 3. The summed E-state index contributed by atoms with van der Waals surface area (Å²) in [5, 5.41) is 0.303. The number of fused-ring (bicyclic) bond motifs is 1. The first kappa shape index (κ1) is 20.4. The summed E-state index contributed by atoms with van der Waals surface area (Å²) in [5.41, 5.74) is 5.79. The first-order valence-corrected chi connectivity index (χ1v) is 10.7. The van der Waals surface area contributed by atoms with Gasteiger partial charge in [0, 0.05) is 11.6 Å². The minimum Gasteiger partial charge on any atom is -0.323 e. The van der Waals surface area contributed by atoms with Gasteiger partial charge in [0.2, 0.25) is 0 Å². The van der Waals surface area contributed by atoms with Crippen molar-refractivity contribution in [2.75, 3.05) is 0 Å². The molecule has 1 heterocycles. The minimum absolute atomic E-state index is 0.0569. The fraction of sp³-hybridized carbons (Fsp3) is 0.348. The van der Waals surface area contributed by atoms with Crippen LogP contribution in [0.15, 0.2) is 54.6 Å². The zero-order chi connectivity index (χ0) is 21.1. The molecule has 4 rings (SSSR count). The highest BCUT2D eigenvalue weighted by Crippen LogP contribution is 2.40. The van der Waals surface area contributed by atoms with Crippen LogP contribution in [-0.2, 0) is 4.79 Å². The molecule has 0 bridgehead atoms. The van der Waals surface area contributed by atoms with E-state index in [1.54, 1.807) is 41.3 Å². The molecule has 3 unspecified atom stereocenters. The van der Waals surface area contributed by atoms with Gasteiger partial charge in [0.05, 0.1) is 10.6 Å². The summed E-state index contributed by atoms with van der Waals surface area (Å²) >= 11 is 6.05. The van der Waals surface area contributed by atoms with Gasteiger partial charge in [0.15, 0.2) is 0 Å². The van der Waals surface area contributed by atoms with Crippen molar-refractivity contribution in [3.05, 3.63) is 70.7 Å². The molecule has 6 nitrogen and oxygen atoms in total. The normalized spacial score (nSPS) is 22.8. The van der Waals surface area contributed by atoms with Crippen LogP contribution in [0.2, 0.25) is 5.02 Å². The van der Waals surface area contributed by atoms with Gasteiger partial charge in [-0.15, -0.1) is 0 Å². The standard InChI is InChI=1S/C23H24ClN3O3/c24-18-12-6-5-11-17(18)21(28)25-26-22(29)20-14-16-10-4-7-13-19(16)27(20)23(30)15-8-2-1-3-9-15/h1-3,5-6,8-9,11-12,16,19-20H,4,7,10,13-14H2,(H,25,28)(H,26,29). The quantitative estimate of drug-likeness (QED) is 0.738. The van der Waals surface area contributed by atoms with E-state index in [9.17, 15) is 14.4 Å². The number of nitrogens with zero attached hydrogens (tertiary/aromatic N) is 1. The van der Waals surface area contributed by atoms with Gasteiger partial charge in [-0.1, -0.05) is 54.8 Å². The molecule has 1 aliphatic heterocycles. The minimum atomic E-state index is -0.614. The van der Waals surface area contributed by atoms with Crippen LogP contribution in [0.5, 0.6) is 0 Å². The van der Waals surface area contributed by atoms with Crippen LogP contribution in [0.1, 0.15) is 52.8 Å². The molecular formula is C23H24ClN3O3. The van der Waals surface area contributed by atoms with E-state index < -0.39 is 11.9 Å². The summed E-state index contributed by atoms with van der Waals surface area (Å²) in [6.07, 6.45) is 4.69. The molecule has 0 spiro atoms. The Labute approximate surface area is 180 Å². The van der Waals surface area contributed by atoms with Crippen LogP contribution < -0.4 is 10.9 Å². The fourth-order valence-corrected chi connectivity index (χ4v) is 4.85. The SMILES string of the molecule is O=C(NNC(=O)C1CC2CCCCC2N1C(=O)c1ccccc1)c1ccccc1Cl. The number of hydrogen-bond donors (Lipinski definition) is 2. The van der Waals surface area contributed by atoms with Crippen molar-refractivity contribution in [1.82, 2.24) is 15.8 Å². The second kappa shape index (κ2) is 8.88. The monoisotopic (exact) mass is 425 g/mol. The molecule has 7 heteroatoms. The third-order valence-corrected chi connectivity index (χ3v) is 6.39. The summed E-state index contributed by atoms with van der Waals surface area (Å²) in [5.74, 6) is -0.705. The number of rotatable bonds is 3. The number of nitrogens with one attached hydrogen (secondary N) is 2. The Morgan fingerprint density at radius 1 is 0.900 bits per heavy atom. The number of amides is 3. The highest BCUT2D eigenvalue weighted by Gasteiger charge is 2.47. The molecule has 2 fully saturated rings. The molecule has 2 N–H and O–H groups in total. The predicted molar refractivity (Wildman–Crippen MR) is 114 cm³/mol. The highest BCUT2D eigenvalue weighted by molar-refractivity contribution is 6.33. The van der Waals surface area contributed by atoms with Gasteiger partial charge in [-0.05, 0) is 49.4 Å². The topological polar surface area (TPSA) is 78.5 Å². The van der Waals surface area contributed by atoms with Crippen LogP contribution in [0.3, 0.4) is 0 Å². The van der Waals surface area contributed by atoms with Crippen LogP contribution in [0, 0.1) is 5.92 Å². The second-order valence-electron chi connectivity index (χ2n) is 7.87. The van der Waals surface area contributed by atoms with E-state index in [-0.39, 0.29) is 23.4 Å². The average Bonchev–Trinajstić information content (AvgIpc) is 3.17. The number of carbonyl (C=O) groups excluding carboxylic acids is 3. The largest absolute Gasteiger partial charge is 0.323 e. The molecule has 156 valence electrons. The number of likely N-dealkylation sites (tertiary alicyclic amines) is 1. The lowest BCUT2D eigenvalue weighted by Gasteiger charge is -2.33. The van der Waals surface area contributed by atoms with Gasteiger partial charge in [0.1, 0.15) is 6.04 Å². The van der Waals surface area contributed by atoms with E-state index in [1.165, 1.54) is 0 Å². The third kappa shape index (κ3) is 4.05. The van der Waals surface area contributed by atoms with Crippen LogP contribution >= 0.6 is 11.6 Å². The molecule has 3 amide bonds. The number of hydrogen-bond acceptors (Lipinski definition) is 3. The van der Waals surface area contributed by atoms with E-state index in [4.69, 9.17) is 11.6 Å². The Balaban J connectivity index is 1.50. The van der Waals surface area contributed by atoms with E-state index in [0.717, 1.165) is 25.7 Å². The molecule has 0 aromatic heterocycles. The second-order valence-corrected chi connectivity index (χ2v) is 8.27. The van der Waals surface area contributed by atoms with Crippen LogP contribution in [-0.4, -0.2) is 34.7 Å². The van der Waals surface area contributed by atoms with Crippen molar-refractivity contribution in [3.63, 3.8) is 0 Å². The number of hydrazine groups is 1. The van der Waals surface area contributed by atoms with Gasteiger partial charge < -0.3 is 4.90 Å². The molecule has 3 atom stereocenters. The maximum Gasteiger partial charge on any atom is 0.271 e. The van der Waals surface area contributed by atoms with Crippen molar-refractivity contribution in [2.24, 2.45) is 5.92 Å². The van der Waals surface area contributed by atoms with Gasteiger partial charge in [-0.3, -0.25) is 25.2 Å². The summed E-state index contributed by atoms with van der Waals surface area (Å²) in [7, 11) is 0.